The zero-order valence-electron chi connectivity index (χ0n) is 14.6. The number of thioether (sulfide) groups is 1. The van der Waals surface area contributed by atoms with Crippen LogP contribution in [-0.4, -0.2) is 16.6 Å². The van der Waals surface area contributed by atoms with E-state index in [0.29, 0.717) is 11.1 Å². The summed E-state index contributed by atoms with van der Waals surface area (Å²) in [7, 11) is 0. The topological polar surface area (TPSA) is 37.3 Å². The molecular weight excluding hydrogens is 455 g/mol. The van der Waals surface area contributed by atoms with Gasteiger partial charge in [-0.2, -0.15) is 0 Å². The molecule has 0 radical (unpaired) electrons. The zero-order valence-corrected chi connectivity index (χ0v) is 17.6. The fourth-order valence-corrected chi connectivity index (χ4v) is 4.58. The molecule has 0 amide bonds. The molecule has 0 aliphatic heterocycles. The summed E-state index contributed by atoms with van der Waals surface area (Å²) in [6.07, 6.45) is 0. The Morgan fingerprint density at radius 3 is 2.35 bits per heavy atom. The van der Waals surface area contributed by atoms with E-state index in [-0.39, 0.29) is 11.5 Å². The first-order valence-corrected chi connectivity index (χ1v) is 10.4. The minimum Gasteiger partial charge on any atom is -0.507 e. The van der Waals surface area contributed by atoms with Gasteiger partial charge in [0.25, 0.3) is 0 Å². The van der Waals surface area contributed by atoms with E-state index in [0.717, 1.165) is 30.9 Å². The van der Waals surface area contributed by atoms with Crippen molar-refractivity contribution in [2.45, 2.75) is 18.7 Å². The van der Waals surface area contributed by atoms with Crippen molar-refractivity contribution >= 4 is 40.1 Å². The van der Waals surface area contributed by atoms with Crippen molar-refractivity contribution in [1.82, 2.24) is 0 Å². The van der Waals surface area contributed by atoms with Crippen LogP contribution in [0.1, 0.15) is 28.4 Å². The van der Waals surface area contributed by atoms with E-state index >= 15 is 0 Å². The molecule has 132 valence electrons. The minimum absolute atomic E-state index is 0.0185. The van der Waals surface area contributed by atoms with E-state index in [4.69, 9.17) is 0 Å². The van der Waals surface area contributed by atoms with Crippen LogP contribution in [0, 0.1) is 10.5 Å². The second-order valence-electron chi connectivity index (χ2n) is 5.96. The second-order valence-corrected chi connectivity index (χ2v) is 8.31. The minimum atomic E-state index is -0.0185. The highest BCUT2D eigenvalue weighted by Crippen LogP contribution is 2.41. The van der Waals surface area contributed by atoms with Crippen molar-refractivity contribution in [2.75, 3.05) is 5.75 Å². The summed E-state index contributed by atoms with van der Waals surface area (Å²) in [5.41, 5.74) is 4.17. The smallest absolute Gasteiger partial charge is 0.194 e. The Morgan fingerprint density at radius 1 is 1.08 bits per heavy atom. The maximum absolute atomic E-state index is 13.4. The molecule has 1 N–H and O–H groups in total. The highest BCUT2D eigenvalue weighted by atomic mass is 127. The zero-order chi connectivity index (χ0) is 18.7. The van der Waals surface area contributed by atoms with Gasteiger partial charge in [-0.05, 0) is 52.5 Å². The molecule has 0 saturated carbocycles. The van der Waals surface area contributed by atoms with Gasteiger partial charge >= 0.3 is 0 Å². The molecule has 0 spiro atoms. The third-order valence-electron chi connectivity index (χ3n) is 4.12. The second kappa shape index (κ2) is 8.27. The lowest BCUT2D eigenvalue weighted by Crippen LogP contribution is -2.07. The Labute approximate surface area is 171 Å². The van der Waals surface area contributed by atoms with Crippen LogP contribution in [0.3, 0.4) is 0 Å². The number of carbonyl (C=O) groups is 1. The van der Waals surface area contributed by atoms with Gasteiger partial charge in [0.15, 0.2) is 5.78 Å². The lowest BCUT2D eigenvalue weighted by molar-refractivity contribution is 0.103. The van der Waals surface area contributed by atoms with Crippen LogP contribution in [-0.2, 0) is 0 Å². The van der Waals surface area contributed by atoms with E-state index in [9.17, 15) is 9.90 Å². The van der Waals surface area contributed by atoms with Crippen molar-refractivity contribution < 1.29 is 9.90 Å². The molecule has 0 aliphatic carbocycles. The van der Waals surface area contributed by atoms with Gasteiger partial charge in [0.1, 0.15) is 5.75 Å². The molecule has 0 heterocycles. The molecule has 3 aromatic rings. The fourth-order valence-electron chi connectivity index (χ4n) is 2.82. The summed E-state index contributed by atoms with van der Waals surface area (Å²) in [6.45, 7) is 4.08. The molecule has 0 bridgehead atoms. The average Bonchev–Trinajstić information content (AvgIpc) is 2.66. The van der Waals surface area contributed by atoms with Gasteiger partial charge in [-0.1, -0.05) is 67.1 Å². The first-order valence-electron chi connectivity index (χ1n) is 8.38. The predicted octanol–water partition coefficient (Wildman–Crippen LogP) is 6.32. The van der Waals surface area contributed by atoms with Crippen molar-refractivity contribution in [1.29, 1.82) is 0 Å². The lowest BCUT2D eigenvalue weighted by Gasteiger charge is -2.17. The number of phenols is 1. The van der Waals surface area contributed by atoms with Crippen LogP contribution >= 0.6 is 34.4 Å². The van der Waals surface area contributed by atoms with Gasteiger partial charge in [-0.15, -0.1) is 11.8 Å². The summed E-state index contributed by atoms with van der Waals surface area (Å²) < 4.78 is 0.726. The molecule has 4 heteroatoms. The Kier molecular flexibility index (Phi) is 6.04. The van der Waals surface area contributed by atoms with Gasteiger partial charge in [-0.3, -0.25) is 4.79 Å². The Morgan fingerprint density at radius 2 is 1.73 bits per heavy atom. The SMILES string of the molecule is CCSc1c(I)c(O)cc(-c2ccc(C)cc2)c1C(=O)c1ccccc1. The third kappa shape index (κ3) is 3.81. The highest BCUT2D eigenvalue weighted by Gasteiger charge is 2.23. The summed E-state index contributed by atoms with van der Waals surface area (Å²) in [5, 5.41) is 10.5. The monoisotopic (exact) mass is 474 g/mol. The average molecular weight is 474 g/mol. The molecule has 0 atom stereocenters. The normalized spacial score (nSPS) is 10.7. The Bertz CT molecular complexity index is 935. The van der Waals surface area contributed by atoms with Gasteiger partial charge in [0, 0.05) is 16.0 Å². The van der Waals surface area contributed by atoms with Crippen molar-refractivity contribution in [3.63, 3.8) is 0 Å². The summed E-state index contributed by atoms with van der Waals surface area (Å²) in [4.78, 5) is 14.2. The van der Waals surface area contributed by atoms with Crippen molar-refractivity contribution in [3.8, 4) is 16.9 Å². The molecule has 0 saturated heterocycles. The quantitative estimate of drug-likeness (QED) is 0.267. The number of carbonyl (C=O) groups excluding carboxylic acids is 1. The number of hydrogen-bond acceptors (Lipinski definition) is 3. The van der Waals surface area contributed by atoms with E-state index < -0.39 is 0 Å². The summed E-state index contributed by atoms with van der Waals surface area (Å²) in [5.74, 6) is 1.01. The molecule has 0 aromatic heterocycles. The van der Waals surface area contributed by atoms with Gasteiger partial charge in [0.05, 0.1) is 3.57 Å². The van der Waals surface area contributed by atoms with E-state index in [1.165, 1.54) is 0 Å². The Balaban J connectivity index is 2.29. The summed E-state index contributed by atoms with van der Waals surface area (Å²) in [6, 6.07) is 19.1. The first-order chi connectivity index (χ1) is 12.5. The van der Waals surface area contributed by atoms with E-state index in [2.05, 4.69) is 22.6 Å². The van der Waals surface area contributed by atoms with Gasteiger partial charge < -0.3 is 5.11 Å². The van der Waals surface area contributed by atoms with Gasteiger partial charge in [0.2, 0.25) is 0 Å². The lowest BCUT2D eigenvalue weighted by atomic mass is 9.93. The molecule has 3 rings (SSSR count). The first kappa shape index (κ1) is 19.0. The number of rotatable bonds is 5. The van der Waals surface area contributed by atoms with Gasteiger partial charge in [-0.25, -0.2) is 0 Å². The number of aromatic hydroxyl groups is 1. The molecule has 0 aliphatic rings. The van der Waals surface area contributed by atoms with E-state index in [1.54, 1.807) is 17.8 Å². The number of aryl methyl sites for hydroxylation is 1. The maximum Gasteiger partial charge on any atom is 0.194 e. The van der Waals surface area contributed by atoms with Crippen molar-refractivity contribution in [3.05, 3.63) is 80.9 Å². The number of benzene rings is 3. The van der Waals surface area contributed by atoms with Crippen LogP contribution in [0.25, 0.3) is 11.1 Å². The molecular formula is C22H19IO2S. The summed E-state index contributed by atoms with van der Waals surface area (Å²) >= 11 is 3.71. The Hall–Kier alpha value is -1.79. The van der Waals surface area contributed by atoms with Crippen LogP contribution in [0.15, 0.2) is 65.6 Å². The molecule has 26 heavy (non-hydrogen) atoms. The number of phenolic OH excluding ortho intramolecular Hbond substituents is 1. The standard InChI is InChI=1S/C22H19IO2S/c1-3-26-22-19(21(25)16-7-5-4-6-8-16)17(13-18(24)20(22)23)15-11-9-14(2)10-12-15/h4-13,24H,3H2,1-2H3. The maximum atomic E-state index is 13.4. The van der Waals surface area contributed by atoms with Crippen molar-refractivity contribution in [2.24, 2.45) is 0 Å². The number of ketones is 1. The third-order valence-corrected chi connectivity index (χ3v) is 6.56. The van der Waals surface area contributed by atoms with Crippen LogP contribution in [0.4, 0.5) is 0 Å². The van der Waals surface area contributed by atoms with Crippen LogP contribution in [0.5, 0.6) is 5.75 Å². The molecule has 0 fully saturated rings. The van der Waals surface area contributed by atoms with Crippen LogP contribution in [0.2, 0.25) is 0 Å². The van der Waals surface area contributed by atoms with E-state index in [1.807, 2.05) is 68.4 Å². The largest absolute Gasteiger partial charge is 0.507 e. The van der Waals surface area contributed by atoms with Crippen LogP contribution < -0.4 is 0 Å². The number of halogens is 1. The number of hydrogen-bond donors (Lipinski definition) is 1. The molecule has 0 unspecified atom stereocenters. The molecule has 2 nitrogen and oxygen atoms in total. The predicted molar refractivity (Wildman–Crippen MR) is 117 cm³/mol. The highest BCUT2D eigenvalue weighted by molar-refractivity contribution is 14.1. The fraction of sp³-hybridized carbons (Fsp3) is 0.136. The molecule has 3 aromatic carbocycles.